The third kappa shape index (κ3) is 1.14. The van der Waals surface area contributed by atoms with Gasteiger partial charge >= 0.3 is 0 Å². The Morgan fingerprint density at radius 3 is 3.33 bits per heavy atom. The van der Waals surface area contributed by atoms with Crippen LogP contribution in [0.2, 0.25) is 0 Å². The van der Waals surface area contributed by atoms with E-state index in [1.165, 1.54) is 11.3 Å². The Bertz CT molecular complexity index is 264. The van der Waals surface area contributed by atoms with E-state index in [1.54, 1.807) is 0 Å². The van der Waals surface area contributed by atoms with E-state index >= 15 is 0 Å². The highest BCUT2D eigenvalue weighted by atomic mass is 15.3. The maximum Gasteiger partial charge on any atom is 0.0524 e. The topological polar surface area (TPSA) is 43.8 Å². The quantitative estimate of drug-likeness (QED) is 0.666. The van der Waals surface area contributed by atoms with E-state index in [2.05, 4.69) is 16.7 Å². The van der Waals surface area contributed by atoms with Gasteiger partial charge in [-0.05, 0) is 25.3 Å². The summed E-state index contributed by atoms with van der Waals surface area (Å²) in [5, 5.41) is 4.31. The van der Waals surface area contributed by atoms with Gasteiger partial charge in [0, 0.05) is 24.7 Å². The Balaban J connectivity index is 2.34. The molecule has 1 unspecified atom stereocenters. The van der Waals surface area contributed by atoms with E-state index in [1.807, 2.05) is 6.20 Å². The lowest BCUT2D eigenvalue weighted by Gasteiger charge is -2.19. The largest absolute Gasteiger partial charge is 0.327 e. The van der Waals surface area contributed by atoms with Crippen molar-refractivity contribution in [2.45, 2.75) is 38.8 Å². The van der Waals surface area contributed by atoms with Crippen molar-refractivity contribution in [2.24, 2.45) is 5.73 Å². The number of hydrogen-bond donors (Lipinski definition) is 1. The summed E-state index contributed by atoms with van der Waals surface area (Å²) in [6, 6.07) is 0.347. The fraction of sp³-hybridized carbons (Fsp3) is 0.667. The Morgan fingerprint density at radius 2 is 2.58 bits per heavy atom. The number of hydrogen-bond acceptors (Lipinski definition) is 2. The number of aryl methyl sites for hydroxylation is 2. The second kappa shape index (κ2) is 2.90. The molecule has 0 amide bonds. The molecule has 3 heteroatoms. The van der Waals surface area contributed by atoms with Crippen molar-refractivity contribution in [3.05, 3.63) is 17.5 Å². The highest BCUT2D eigenvalue weighted by Crippen LogP contribution is 2.19. The van der Waals surface area contributed by atoms with Crippen LogP contribution in [0.15, 0.2) is 6.20 Å². The molecule has 1 aromatic heterocycles. The van der Waals surface area contributed by atoms with E-state index in [4.69, 9.17) is 5.73 Å². The molecule has 1 aliphatic carbocycles. The van der Waals surface area contributed by atoms with Gasteiger partial charge in [-0.1, -0.05) is 0 Å². The number of fused-ring (bicyclic) bond motifs is 1. The molecule has 1 aromatic rings. The number of aromatic nitrogens is 2. The fourth-order valence-electron chi connectivity index (χ4n) is 1.86. The number of nitrogens with two attached hydrogens (primary N) is 1. The Hall–Kier alpha value is -0.830. The van der Waals surface area contributed by atoms with Crippen molar-refractivity contribution < 1.29 is 0 Å². The maximum atomic E-state index is 5.89. The van der Waals surface area contributed by atoms with Crippen molar-refractivity contribution in [3.63, 3.8) is 0 Å². The minimum absolute atomic E-state index is 0.347. The average molecular weight is 165 g/mol. The van der Waals surface area contributed by atoms with Crippen LogP contribution in [0.3, 0.4) is 0 Å². The summed E-state index contributed by atoms with van der Waals surface area (Å²) in [4.78, 5) is 0. The van der Waals surface area contributed by atoms with Gasteiger partial charge in [0.2, 0.25) is 0 Å². The molecule has 0 radical (unpaired) electrons. The molecule has 0 saturated heterocycles. The molecular formula is C9H15N3. The molecular weight excluding hydrogens is 150 g/mol. The molecule has 12 heavy (non-hydrogen) atoms. The zero-order valence-electron chi connectivity index (χ0n) is 7.45. The first-order valence-corrected chi connectivity index (χ1v) is 4.60. The van der Waals surface area contributed by atoms with Crippen LogP contribution in [0.4, 0.5) is 0 Å². The lowest BCUT2D eigenvalue weighted by molar-refractivity contribution is 0.528. The molecule has 0 bridgehead atoms. The summed E-state index contributed by atoms with van der Waals surface area (Å²) in [5.41, 5.74) is 8.65. The first kappa shape index (κ1) is 7.80. The summed E-state index contributed by atoms with van der Waals surface area (Å²) in [5.74, 6) is 0. The molecule has 0 aromatic carbocycles. The van der Waals surface area contributed by atoms with Crippen molar-refractivity contribution in [3.8, 4) is 0 Å². The van der Waals surface area contributed by atoms with Crippen LogP contribution >= 0.6 is 0 Å². The van der Waals surface area contributed by atoms with Gasteiger partial charge in [0.1, 0.15) is 0 Å². The average Bonchev–Trinajstić information content (AvgIpc) is 2.46. The maximum absolute atomic E-state index is 5.89. The minimum atomic E-state index is 0.347. The first-order chi connectivity index (χ1) is 5.81. The second-order valence-corrected chi connectivity index (χ2v) is 3.44. The molecule has 1 heterocycles. The van der Waals surface area contributed by atoms with Crippen molar-refractivity contribution in [1.82, 2.24) is 9.78 Å². The van der Waals surface area contributed by atoms with Gasteiger partial charge in [0.15, 0.2) is 0 Å². The Morgan fingerprint density at radius 1 is 1.75 bits per heavy atom. The monoisotopic (exact) mass is 165 g/mol. The standard InChI is InChI=1S/C9H15N3/c1-2-12-9-5-8(10)4-3-7(9)6-11-12/h6,8H,2-5,10H2,1H3. The van der Waals surface area contributed by atoms with E-state index in [-0.39, 0.29) is 0 Å². The number of rotatable bonds is 1. The molecule has 3 nitrogen and oxygen atoms in total. The van der Waals surface area contributed by atoms with Crippen LogP contribution in [0.25, 0.3) is 0 Å². The molecule has 66 valence electrons. The van der Waals surface area contributed by atoms with E-state index in [0.717, 1.165) is 25.8 Å². The van der Waals surface area contributed by atoms with Crippen LogP contribution in [0.1, 0.15) is 24.6 Å². The third-order valence-corrected chi connectivity index (χ3v) is 2.57. The van der Waals surface area contributed by atoms with Gasteiger partial charge in [-0.3, -0.25) is 4.68 Å². The molecule has 0 saturated carbocycles. The summed E-state index contributed by atoms with van der Waals surface area (Å²) in [6.45, 7) is 3.08. The van der Waals surface area contributed by atoms with E-state index in [0.29, 0.717) is 6.04 Å². The highest BCUT2D eigenvalue weighted by molar-refractivity contribution is 5.22. The predicted molar refractivity (Wildman–Crippen MR) is 47.9 cm³/mol. The summed E-state index contributed by atoms with van der Waals surface area (Å²) >= 11 is 0. The Kier molecular flexibility index (Phi) is 1.89. The molecule has 0 spiro atoms. The molecule has 0 aliphatic heterocycles. The molecule has 2 N–H and O–H groups in total. The zero-order valence-corrected chi connectivity index (χ0v) is 7.45. The lowest BCUT2D eigenvalue weighted by atomic mass is 9.94. The van der Waals surface area contributed by atoms with Gasteiger partial charge in [-0.15, -0.1) is 0 Å². The zero-order chi connectivity index (χ0) is 8.55. The van der Waals surface area contributed by atoms with Gasteiger partial charge in [0.25, 0.3) is 0 Å². The normalized spacial score (nSPS) is 22.3. The smallest absolute Gasteiger partial charge is 0.0524 e. The molecule has 0 fully saturated rings. The first-order valence-electron chi connectivity index (χ1n) is 4.60. The van der Waals surface area contributed by atoms with Crippen LogP contribution in [0.5, 0.6) is 0 Å². The lowest BCUT2D eigenvalue weighted by Crippen LogP contribution is -2.28. The second-order valence-electron chi connectivity index (χ2n) is 3.44. The van der Waals surface area contributed by atoms with Crippen LogP contribution in [-0.2, 0) is 19.4 Å². The molecule has 2 rings (SSSR count). The molecule has 1 aliphatic rings. The summed E-state index contributed by atoms with van der Waals surface area (Å²) < 4.78 is 2.06. The third-order valence-electron chi connectivity index (χ3n) is 2.57. The van der Waals surface area contributed by atoms with Crippen molar-refractivity contribution in [2.75, 3.05) is 0 Å². The van der Waals surface area contributed by atoms with Gasteiger partial charge in [-0.25, -0.2) is 0 Å². The van der Waals surface area contributed by atoms with Crippen LogP contribution < -0.4 is 5.73 Å². The van der Waals surface area contributed by atoms with E-state index in [9.17, 15) is 0 Å². The SMILES string of the molecule is CCn1ncc2c1CC(N)CC2. The highest BCUT2D eigenvalue weighted by Gasteiger charge is 2.18. The summed E-state index contributed by atoms with van der Waals surface area (Å²) in [6.07, 6.45) is 5.22. The van der Waals surface area contributed by atoms with Crippen LogP contribution in [0, 0.1) is 0 Å². The van der Waals surface area contributed by atoms with Crippen molar-refractivity contribution >= 4 is 0 Å². The van der Waals surface area contributed by atoms with Gasteiger partial charge in [-0.2, -0.15) is 5.10 Å². The summed E-state index contributed by atoms with van der Waals surface area (Å²) in [7, 11) is 0. The van der Waals surface area contributed by atoms with Gasteiger partial charge in [0.05, 0.1) is 6.20 Å². The molecule has 1 atom stereocenters. The van der Waals surface area contributed by atoms with Crippen molar-refractivity contribution in [1.29, 1.82) is 0 Å². The van der Waals surface area contributed by atoms with E-state index < -0.39 is 0 Å². The van der Waals surface area contributed by atoms with Gasteiger partial charge < -0.3 is 5.73 Å². The Labute approximate surface area is 72.6 Å². The number of nitrogens with zero attached hydrogens (tertiary/aromatic N) is 2. The van der Waals surface area contributed by atoms with Crippen LogP contribution in [-0.4, -0.2) is 15.8 Å². The predicted octanol–water partition coefficient (Wildman–Crippen LogP) is 0.719. The fourth-order valence-corrected chi connectivity index (χ4v) is 1.86. The minimum Gasteiger partial charge on any atom is -0.327 e.